The topological polar surface area (TPSA) is 76.1 Å². The van der Waals surface area contributed by atoms with Crippen LogP contribution in [-0.2, 0) is 10.0 Å². The van der Waals surface area contributed by atoms with Crippen LogP contribution in [0.2, 0.25) is 5.02 Å². The molecule has 0 amide bonds. The number of nitrogens with zero attached hydrogens (tertiary/aromatic N) is 4. The molecule has 6 nitrogen and oxygen atoms in total. The van der Waals surface area contributed by atoms with E-state index in [0.29, 0.717) is 0 Å². The number of hydrogen-bond acceptors (Lipinski definition) is 5. The van der Waals surface area contributed by atoms with Gasteiger partial charge in [-0.05, 0) is 12.1 Å². The SMILES string of the molecule is CN(c1ncccn1)S(=O)(=O)c1cncc(Cl)c1. The summed E-state index contributed by atoms with van der Waals surface area (Å²) < 4.78 is 25.4. The number of hydrogen-bond donors (Lipinski definition) is 0. The van der Waals surface area contributed by atoms with Crippen LogP contribution in [0.4, 0.5) is 5.95 Å². The first kappa shape index (κ1) is 12.7. The number of sulfonamides is 1. The number of halogens is 1. The summed E-state index contributed by atoms with van der Waals surface area (Å²) in [5.41, 5.74) is 0. The first-order valence-corrected chi connectivity index (χ1v) is 6.70. The minimum atomic E-state index is -3.75. The Morgan fingerprint density at radius 3 is 2.50 bits per heavy atom. The largest absolute Gasteiger partial charge is 0.267 e. The van der Waals surface area contributed by atoms with Gasteiger partial charge in [-0.1, -0.05) is 11.6 Å². The van der Waals surface area contributed by atoms with Crippen molar-refractivity contribution in [1.82, 2.24) is 15.0 Å². The van der Waals surface area contributed by atoms with Crippen molar-refractivity contribution < 1.29 is 8.42 Å². The fourth-order valence-electron chi connectivity index (χ4n) is 1.25. The highest BCUT2D eigenvalue weighted by Crippen LogP contribution is 2.19. The molecular weight excluding hydrogens is 276 g/mol. The molecule has 94 valence electrons. The van der Waals surface area contributed by atoms with Gasteiger partial charge in [0.15, 0.2) is 0 Å². The molecule has 0 aromatic carbocycles. The summed E-state index contributed by atoms with van der Waals surface area (Å²) in [7, 11) is -2.39. The third-order valence-corrected chi connectivity index (χ3v) is 4.08. The standard InChI is InChI=1S/C10H9ClN4O2S/c1-15(10-13-3-2-4-14-10)18(16,17)9-5-8(11)6-12-7-9/h2-7H,1H3. The molecule has 0 fully saturated rings. The van der Waals surface area contributed by atoms with Gasteiger partial charge in [0.1, 0.15) is 4.90 Å². The molecule has 0 spiro atoms. The Balaban J connectivity index is 2.44. The second-order valence-electron chi connectivity index (χ2n) is 3.36. The molecule has 2 aromatic heterocycles. The lowest BCUT2D eigenvalue weighted by atomic mass is 10.5. The van der Waals surface area contributed by atoms with Gasteiger partial charge in [0.25, 0.3) is 10.0 Å². The minimum Gasteiger partial charge on any atom is -0.262 e. The summed E-state index contributed by atoms with van der Waals surface area (Å²) in [6.07, 6.45) is 5.51. The van der Waals surface area contributed by atoms with Crippen molar-refractivity contribution in [3.05, 3.63) is 41.9 Å². The Morgan fingerprint density at radius 2 is 1.89 bits per heavy atom. The Bertz CT molecular complexity index is 648. The molecule has 18 heavy (non-hydrogen) atoms. The number of anilines is 1. The van der Waals surface area contributed by atoms with Gasteiger partial charge in [0.2, 0.25) is 5.95 Å². The maximum absolute atomic E-state index is 12.2. The van der Waals surface area contributed by atoms with E-state index in [1.165, 1.54) is 37.9 Å². The normalized spacial score (nSPS) is 11.2. The van der Waals surface area contributed by atoms with E-state index in [1.54, 1.807) is 6.07 Å². The van der Waals surface area contributed by atoms with E-state index >= 15 is 0 Å². The Kier molecular flexibility index (Phi) is 3.44. The Hall–Kier alpha value is -1.73. The van der Waals surface area contributed by atoms with Gasteiger partial charge in [0.05, 0.1) is 5.02 Å². The van der Waals surface area contributed by atoms with Gasteiger partial charge >= 0.3 is 0 Å². The smallest absolute Gasteiger partial charge is 0.262 e. The zero-order valence-electron chi connectivity index (χ0n) is 9.36. The first-order valence-electron chi connectivity index (χ1n) is 4.88. The fourth-order valence-corrected chi connectivity index (χ4v) is 2.59. The monoisotopic (exact) mass is 284 g/mol. The third kappa shape index (κ3) is 2.41. The van der Waals surface area contributed by atoms with Crippen LogP contribution in [-0.4, -0.2) is 30.4 Å². The Morgan fingerprint density at radius 1 is 1.22 bits per heavy atom. The molecule has 0 bridgehead atoms. The zero-order chi connectivity index (χ0) is 13.2. The van der Waals surface area contributed by atoms with Crippen molar-refractivity contribution >= 4 is 27.6 Å². The van der Waals surface area contributed by atoms with E-state index in [1.807, 2.05) is 0 Å². The van der Waals surface area contributed by atoms with Crippen molar-refractivity contribution in [2.45, 2.75) is 4.90 Å². The predicted molar refractivity (Wildman–Crippen MR) is 66.9 cm³/mol. The summed E-state index contributed by atoms with van der Waals surface area (Å²) in [4.78, 5) is 11.5. The van der Waals surface area contributed by atoms with Gasteiger partial charge in [-0.25, -0.2) is 22.7 Å². The van der Waals surface area contributed by atoms with E-state index in [2.05, 4.69) is 15.0 Å². The maximum atomic E-state index is 12.2. The molecule has 0 aliphatic carbocycles. The van der Waals surface area contributed by atoms with Gasteiger partial charge in [-0.2, -0.15) is 0 Å². The molecule has 0 saturated carbocycles. The van der Waals surface area contributed by atoms with Crippen LogP contribution in [0.1, 0.15) is 0 Å². The van der Waals surface area contributed by atoms with E-state index in [4.69, 9.17) is 11.6 Å². The highest BCUT2D eigenvalue weighted by atomic mass is 35.5. The van der Waals surface area contributed by atoms with Crippen molar-refractivity contribution in [2.24, 2.45) is 0 Å². The van der Waals surface area contributed by atoms with Crippen molar-refractivity contribution in [3.8, 4) is 0 Å². The molecular formula is C10H9ClN4O2S. The molecule has 0 N–H and O–H groups in total. The van der Waals surface area contributed by atoms with Crippen LogP contribution in [0.15, 0.2) is 41.8 Å². The summed E-state index contributed by atoms with van der Waals surface area (Å²) >= 11 is 5.72. The highest BCUT2D eigenvalue weighted by Gasteiger charge is 2.23. The number of rotatable bonds is 3. The highest BCUT2D eigenvalue weighted by molar-refractivity contribution is 7.92. The van der Waals surface area contributed by atoms with Crippen LogP contribution < -0.4 is 4.31 Å². The summed E-state index contributed by atoms with van der Waals surface area (Å²) in [6, 6.07) is 2.92. The van der Waals surface area contributed by atoms with E-state index in [0.717, 1.165) is 4.31 Å². The summed E-state index contributed by atoms with van der Waals surface area (Å²) in [5.74, 6) is 0.0810. The van der Waals surface area contributed by atoms with Crippen LogP contribution in [0.5, 0.6) is 0 Å². The van der Waals surface area contributed by atoms with E-state index in [-0.39, 0.29) is 15.9 Å². The summed E-state index contributed by atoms with van der Waals surface area (Å²) in [6.45, 7) is 0. The second-order valence-corrected chi connectivity index (χ2v) is 5.77. The van der Waals surface area contributed by atoms with E-state index < -0.39 is 10.0 Å². The average Bonchev–Trinajstić information content (AvgIpc) is 2.39. The van der Waals surface area contributed by atoms with Gasteiger partial charge < -0.3 is 0 Å². The van der Waals surface area contributed by atoms with Crippen molar-refractivity contribution in [1.29, 1.82) is 0 Å². The van der Waals surface area contributed by atoms with Gasteiger partial charge in [-0.15, -0.1) is 0 Å². The van der Waals surface area contributed by atoms with Crippen LogP contribution in [0.3, 0.4) is 0 Å². The van der Waals surface area contributed by atoms with Gasteiger partial charge in [0, 0.05) is 31.8 Å². The lowest BCUT2D eigenvalue weighted by molar-refractivity contribution is 0.593. The first-order chi connectivity index (χ1) is 8.51. The zero-order valence-corrected chi connectivity index (χ0v) is 10.9. The fraction of sp³-hybridized carbons (Fsp3) is 0.100. The molecule has 2 aromatic rings. The number of pyridine rings is 1. The number of aromatic nitrogens is 3. The third-order valence-electron chi connectivity index (χ3n) is 2.17. The summed E-state index contributed by atoms with van der Waals surface area (Å²) in [5, 5.41) is 0.249. The quantitative estimate of drug-likeness (QED) is 0.850. The van der Waals surface area contributed by atoms with Crippen molar-refractivity contribution in [2.75, 3.05) is 11.4 Å². The molecule has 0 saturated heterocycles. The van der Waals surface area contributed by atoms with Crippen LogP contribution in [0, 0.1) is 0 Å². The molecule has 8 heteroatoms. The molecule has 0 radical (unpaired) electrons. The molecule has 0 atom stereocenters. The lowest BCUT2D eigenvalue weighted by Crippen LogP contribution is -2.28. The van der Waals surface area contributed by atoms with E-state index in [9.17, 15) is 8.42 Å². The molecule has 0 aliphatic heterocycles. The average molecular weight is 285 g/mol. The molecule has 0 unspecified atom stereocenters. The van der Waals surface area contributed by atoms with Crippen molar-refractivity contribution in [3.63, 3.8) is 0 Å². The minimum absolute atomic E-state index is 0.00930. The van der Waals surface area contributed by atoms with Crippen LogP contribution >= 0.6 is 11.6 Å². The van der Waals surface area contributed by atoms with Crippen LogP contribution in [0.25, 0.3) is 0 Å². The maximum Gasteiger partial charge on any atom is 0.267 e. The lowest BCUT2D eigenvalue weighted by Gasteiger charge is -2.16. The second kappa shape index (κ2) is 4.87. The molecule has 2 rings (SSSR count). The molecule has 2 heterocycles. The molecule has 0 aliphatic rings. The Labute approximate surface area is 109 Å². The predicted octanol–water partition coefficient (Wildman–Crippen LogP) is 1.35. The van der Waals surface area contributed by atoms with Gasteiger partial charge in [-0.3, -0.25) is 4.98 Å².